The molecule has 0 aromatic rings. The number of nitrogens with two attached hydrogens (primary N) is 1. The number of hydrogen-bond donors (Lipinski definition) is 2. The maximum Gasteiger partial charge on any atom is 0.0701 e. The number of rotatable bonds is 14. The third-order valence-electron chi connectivity index (χ3n) is 3.11. The van der Waals surface area contributed by atoms with Crippen LogP contribution in [0.3, 0.4) is 0 Å². The fourth-order valence-corrected chi connectivity index (χ4v) is 1.35. The predicted octanol–water partition coefficient (Wildman–Crippen LogP) is 1.18. The Kier molecular flexibility index (Phi) is 12.7. The molecule has 0 aliphatic rings. The molecule has 0 spiro atoms. The maximum atomic E-state index is 9.17. The fraction of sp³-hybridized carbons (Fsp3) is 1.00. The Labute approximate surface area is 117 Å². The van der Waals surface area contributed by atoms with Crippen molar-refractivity contribution in [1.82, 2.24) is 0 Å². The minimum Gasteiger partial charge on any atom is -0.396 e. The Balaban J connectivity index is 3.19. The van der Waals surface area contributed by atoms with E-state index in [0.29, 0.717) is 39.6 Å². The summed E-state index contributed by atoms with van der Waals surface area (Å²) in [4.78, 5) is 0. The SMILES string of the molecule is CCCCOCCOCCOCCC(C)(CN)CO. The van der Waals surface area contributed by atoms with Gasteiger partial charge in [-0.1, -0.05) is 20.3 Å². The van der Waals surface area contributed by atoms with Crippen molar-refractivity contribution in [1.29, 1.82) is 0 Å². The van der Waals surface area contributed by atoms with E-state index in [9.17, 15) is 5.11 Å². The van der Waals surface area contributed by atoms with Crippen LogP contribution in [-0.4, -0.2) is 57.9 Å². The van der Waals surface area contributed by atoms with Gasteiger partial charge in [0.2, 0.25) is 0 Å². The van der Waals surface area contributed by atoms with Crippen LogP contribution in [-0.2, 0) is 14.2 Å². The van der Waals surface area contributed by atoms with E-state index in [1.54, 1.807) is 0 Å². The first kappa shape index (κ1) is 18.8. The van der Waals surface area contributed by atoms with Crippen LogP contribution < -0.4 is 5.73 Å². The van der Waals surface area contributed by atoms with Gasteiger partial charge in [-0.25, -0.2) is 0 Å². The second-order valence-electron chi connectivity index (χ2n) is 5.11. The van der Waals surface area contributed by atoms with Crippen molar-refractivity contribution in [3.05, 3.63) is 0 Å². The van der Waals surface area contributed by atoms with Gasteiger partial charge in [0.1, 0.15) is 0 Å². The van der Waals surface area contributed by atoms with Crippen LogP contribution in [0.15, 0.2) is 0 Å². The monoisotopic (exact) mass is 277 g/mol. The lowest BCUT2D eigenvalue weighted by molar-refractivity contribution is 0.00545. The molecule has 19 heavy (non-hydrogen) atoms. The highest BCUT2D eigenvalue weighted by Gasteiger charge is 2.20. The molecule has 0 rings (SSSR count). The molecule has 0 aliphatic heterocycles. The molecule has 0 aliphatic carbocycles. The van der Waals surface area contributed by atoms with Gasteiger partial charge in [-0.05, 0) is 19.4 Å². The van der Waals surface area contributed by atoms with Gasteiger partial charge in [0.25, 0.3) is 0 Å². The lowest BCUT2D eigenvalue weighted by Gasteiger charge is -2.24. The van der Waals surface area contributed by atoms with Gasteiger partial charge >= 0.3 is 0 Å². The van der Waals surface area contributed by atoms with Crippen LogP contribution in [0.25, 0.3) is 0 Å². The zero-order valence-corrected chi connectivity index (χ0v) is 12.5. The number of ether oxygens (including phenoxy) is 3. The topological polar surface area (TPSA) is 73.9 Å². The van der Waals surface area contributed by atoms with E-state index >= 15 is 0 Å². The van der Waals surface area contributed by atoms with Crippen molar-refractivity contribution in [2.24, 2.45) is 11.1 Å². The molecule has 5 nitrogen and oxygen atoms in total. The van der Waals surface area contributed by atoms with Gasteiger partial charge in [0, 0.05) is 25.2 Å². The smallest absolute Gasteiger partial charge is 0.0701 e. The van der Waals surface area contributed by atoms with Crippen LogP contribution in [0.1, 0.15) is 33.1 Å². The summed E-state index contributed by atoms with van der Waals surface area (Å²) in [5.74, 6) is 0. The van der Waals surface area contributed by atoms with E-state index in [2.05, 4.69) is 6.92 Å². The summed E-state index contributed by atoms with van der Waals surface area (Å²) in [5.41, 5.74) is 5.37. The van der Waals surface area contributed by atoms with Crippen molar-refractivity contribution in [2.45, 2.75) is 33.1 Å². The highest BCUT2D eigenvalue weighted by atomic mass is 16.5. The number of aliphatic hydroxyl groups excluding tert-OH is 1. The minimum absolute atomic E-state index is 0.0957. The van der Waals surface area contributed by atoms with Crippen LogP contribution in [0.5, 0.6) is 0 Å². The molecule has 0 radical (unpaired) electrons. The summed E-state index contributed by atoms with van der Waals surface area (Å²) in [6, 6.07) is 0. The molecule has 5 heteroatoms. The number of aliphatic hydroxyl groups is 1. The molecule has 1 atom stereocenters. The summed E-state index contributed by atoms with van der Waals surface area (Å²) < 4.78 is 16.2. The zero-order chi connectivity index (χ0) is 14.4. The van der Waals surface area contributed by atoms with E-state index in [1.807, 2.05) is 6.92 Å². The molecule has 0 amide bonds. The molecule has 116 valence electrons. The Morgan fingerprint density at radius 2 is 1.47 bits per heavy atom. The average Bonchev–Trinajstić information content (AvgIpc) is 2.44. The summed E-state index contributed by atoms with van der Waals surface area (Å²) in [6.45, 7) is 8.50. The molecule has 0 aromatic carbocycles. The van der Waals surface area contributed by atoms with Crippen molar-refractivity contribution < 1.29 is 19.3 Å². The number of unbranched alkanes of at least 4 members (excludes halogenated alkanes) is 1. The molecule has 0 saturated carbocycles. The summed E-state index contributed by atoms with van der Waals surface area (Å²) >= 11 is 0. The number of hydrogen-bond acceptors (Lipinski definition) is 5. The van der Waals surface area contributed by atoms with Gasteiger partial charge in [0.05, 0.1) is 26.4 Å². The van der Waals surface area contributed by atoms with Gasteiger partial charge < -0.3 is 25.1 Å². The third kappa shape index (κ3) is 11.3. The summed E-state index contributed by atoms with van der Waals surface area (Å²) in [7, 11) is 0. The van der Waals surface area contributed by atoms with E-state index in [-0.39, 0.29) is 12.0 Å². The second-order valence-corrected chi connectivity index (χ2v) is 5.11. The molecule has 0 saturated heterocycles. The van der Waals surface area contributed by atoms with Gasteiger partial charge in [-0.2, -0.15) is 0 Å². The minimum atomic E-state index is -0.228. The third-order valence-corrected chi connectivity index (χ3v) is 3.11. The first-order valence-electron chi connectivity index (χ1n) is 7.22. The van der Waals surface area contributed by atoms with Gasteiger partial charge in [-0.3, -0.25) is 0 Å². The van der Waals surface area contributed by atoms with E-state index in [0.717, 1.165) is 25.9 Å². The van der Waals surface area contributed by atoms with Crippen molar-refractivity contribution in [3.63, 3.8) is 0 Å². The first-order valence-corrected chi connectivity index (χ1v) is 7.22. The van der Waals surface area contributed by atoms with Crippen LogP contribution in [0.2, 0.25) is 0 Å². The molecule has 0 heterocycles. The molecule has 0 fully saturated rings. The van der Waals surface area contributed by atoms with Crippen LogP contribution in [0, 0.1) is 5.41 Å². The van der Waals surface area contributed by atoms with Crippen molar-refractivity contribution in [2.75, 3.05) is 52.8 Å². The second kappa shape index (κ2) is 12.8. The Bertz CT molecular complexity index is 186. The zero-order valence-electron chi connectivity index (χ0n) is 12.5. The van der Waals surface area contributed by atoms with Crippen molar-refractivity contribution in [3.8, 4) is 0 Å². The molecular formula is C14H31NO4. The Morgan fingerprint density at radius 3 is 1.95 bits per heavy atom. The van der Waals surface area contributed by atoms with Gasteiger partial charge in [-0.15, -0.1) is 0 Å². The maximum absolute atomic E-state index is 9.17. The van der Waals surface area contributed by atoms with E-state index < -0.39 is 0 Å². The van der Waals surface area contributed by atoms with Crippen LogP contribution in [0.4, 0.5) is 0 Å². The van der Waals surface area contributed by atoms with Crippen LogP contribution >= 0.6 is 0 Å². The van der Waals surface area contributed by atoms with Gasteiger partial charge in [0.15, 0.2) is 0 Å². The molecule has 0 aromatic heterocycles. The molecule has 0 bridgehead atoms. The lowest BCUT2D eigenvalue weighted by atomic mass is 9.88. The fourth-order valence-electron chi connectivity index (χ4n) is 1.35. The Morgan fingerprint density at radius 1 is 0.947 bits per heavy atom. The largest absolute Gasteiger partial charge is 0.396 e. The normalized spacial score (nSPS) is 14.5. The highest BCUT2D eigenvalue weighted by molar-refractivity contribution is 4.73. The first-order chi connectivity index (χ1) is 9.18. The molecular weight excluding hydrogens is 246 g/mol. The lowest BCUT2D eigenvalue weighted by Crippen LogP contribution is -2.32. The van der Waals surface area contributed by atoms with E-state index in [1.165, 1.54) is 0 Å². The quantitative estimate of drug-likeness (QED) is 0.466. The summed E-state index contributed by atoms with van der Waals surface area (Å²) in [6.07, 6.45) is 3.03. The summed E-state index contributed by atoms with van der Waals surface area (Å²) in [5, 5.41) is 9.17. The molecule has 1 unspecified atom stereocenters. The highest BCUT2D eigenvalue weighted by Crippen LogP contribution is 2.18. The predicted molar refractivity (Wildman–Crippen MR) is 76.2 cm³/mol. The Hall–Kier alpha value is -0.200. The standard InChI is InChI=1S/C14H31NO4/c1-3-4-6-17-8-10-19-11-9-18-7-5-14(2,12-15)13-16/h16H,3-13,15H2,1-2H3. The average molecular weight is 277 g/mol. The van der Waals surface area contributed by atoms with Crippen molar-refractivity contribution >= 4 is 0 Å². The molecule has 3 N–H and O–H groups in total. The van der Waals surface area contributed by atoms with E-state index in [4.69, 9.17) is 19.9 Å².